The fraction of sp³-hybridized carbons (Fsp3) is 0.333. The molecule has 0 unspecified atom stereocenters. The molecule has 2 aliphatic rings. The summed E-state index contributed by atoms with van der Waals surface area (Å²) in [6.45, 7) is 4.96. The summed E-state index contributed by atoms with van der Waals surface area (Å²) in [5.74, 6) is -0.228. The molecule has 5 nitrogen and oxygen atoms in total. The van der Waals surface area contributed by atoms with Gasteiger partial charge in [-0.3, -0.25) is 14.5 Å². The predicted molar refractivity (Wildman–Crippen MR) is 107 cm³/mol. The van der Waals surface area contributed by atoms with Gasteiger partial charge in [-0.15, -0.1) is 0 Å². The summed E-state index contributed by atoms with van der Waals surface area (Å²) < 4.78 is 0. The summed E-state index contributed by atoms with van der Waals surface area (Å²) in [4.78, 5) is 31.3. The zero-order valence-corrected chi connectivity index (χ0v) is 16.0. The Hall–Kier alpha value is -2.37. The summed E-state index contributed by atoms with van der Waals surface area (Å²) in [6.07, 6.45) is 0.249. The lowest BCUT2D eigenvalue weighted by Crippen LogP contribution is -2.52. The first-order valence-electron chi connectivity index (χ1n) is 9.22. The SMILES string of the molecule is Cc1ccccc1N1C(=O)C[C@@H](N2CCN(c3ccccc3Cl)CC2)C1=O. The Kier molecular flexibility index (Phi) is 4.89. The van der Waals surface area contributed by atoms with Crippen LogP contribution in [0.25, 0.3) is 0 Å². The summed E-state index contributed by atoms with van der Waals surface area (Å²) in [7, 11) is 0. The van der Waals surface area contributed by atoms with E-state index in [-0.39, 0.29) is 24.3 Å². The molecule has 2 amide bonds. The van der Waals surface area contributed by atoms with E-state index in [9.17, 15) is 9.59 Å². The molecule has 6 heteroatoms. The van der Waals surface area contributed by atoms with Crippen LogP contribution in [0.5, 0.6) is 0 Å². The quantitative estimate of drug-likeness (QED) is 0.764. The van der Waals surface area contributed by atoms with Crippen molar-refractivity contribution in [1.29, 1.82) is 0 Å². The van der Waals surface area contributed by atoms with E-state index in [2.05, 4.69) is 9.80 Å². The molecule has 0 N–H and O–H groups in total. The molecule has 0 saturated carbocycles. The fourth-order valence-electron chi connectivity index (χ4n) is 3.95. The maximum atomic E-state index is 13.0. The van der Waals surface area contributed by atoms with E-state index in [1.54, 1.807) is 0 Å². The number of carbonyl (C=O) groups excluding carboxylic acids is 2. The molecular weight excluding hydrogens is 362 g/mol. The lowest BCUT2D eigenvalue weighted by Gasteiger charge is -2.38. The number of halogens is 1. The molecule has 2 fully saturated rings. The average molecular weight is 384 g/mol. The van der Waals surface area contributed by atoms with Gasteiger partial charge in [0.15, 0.2) is 0 Å². The minimum absolute atomic E-state index is 0.111. The summed E-state index contributed by atoms with van der Waals surface area (Å²) in [5, 5.41) is 0.740. The fourth-order valence-corrected chi connectivity index (χ4v) is 4.21. The van der Waals surface area contributed by atoms with E-state index in [1.165, 1.54) is 4.90 Å². The van der Waals surface area contributed by atoms with Crippen molar-refractivity contribution in [1.82, 2.24) is 4.90 Å². The van der Waals surface area contributed by atoms with Crippen molar-refractivity contribution in [3.63, 3.8) is 0 Å². The van der Waals surface area contributed by atoms with Crippen molar-refractivity contribution in [3.8, 4) is 0 Å². The number of carbonyl (C=O) groups is 2. The molecule has 2 aromatic rings. The summed E-state index contributed by atoms with van der Waals surface area (Å²) in [6, 6.07) is 15.0. The number of nitrogens with zero attached hydrogens (tertiary/aromatic N) is 3. The molecule has 4 rings (SSSR count). The van der Waals surface area contributed by atoms with Crippen molar-refractivity contribution in [2.24, 2.45) is 0 Å². The maximum absolute atomic E-state index is 13.0. The second kappa shape index (κ2) is 7.33. The minimum Gasteiger partial charge on any atom is -0.368 e. The number of imide groups is 1. The highest BCUT2D eigenvalue weighted by atomic mass is 35.5. The van der Waals surface area contributed by atoms with Crippen LogP contribution in [-0.4, -0.2) is 48.9 Å². The highest BCUT2D eigenvalue weighted by Crippen LogP contribution is 2.30. The molecule has 2 aromatic carbocycles. The number of anilines is 2. The Morgan fingerprint density at radius 2 is 1.52 bits per heavy atom. The molecule has 0 aliphatic carbocycles. The van der Waals surface area contributed by atoms with Gasteiger partial charge in [-0.1, -0.05) is 41.9 Å². The minimum atomic E-state index is -0.370. The van der Waals surface area contributed by atoms with Gasteiger partial charge >= 0.3 is 0 Å². The van der Waals surface area contributed by atoms with Crippen molar-refractivity contribution >= 4 is 34.8 Å². The Morgan fingerprint density at radius 3 is 2.19 bits per heavy atom. The van der Waals surface area contributed by atoms with E-state index < -0.39 is 0 Å². The number of piperazine rings is 1. The van der Waals surface area contributed by atoms with Gasteiger partial charge in [-0.05, 0) is 30.7 Å². The van der Waals surface area contributed by atoms with Gasteiger partial charge in [0.25, 0.3) is 5.91 Å². The van der Waals surface area contributed by atoms with Crippen molar-refractivity contribution in [2.75, 3.05) is 36.0 Å². The number of benzene rings is 2. The third-order valence-electron chi connectivity index (χ3n) is 5.43. The van der Waals surface area contributed by atoms with E-state index in [4.69, 9.17) is 11.6 Å². The van der Waals surface area contributed by atoms with Crippen LogP contribution in [0, 0.1) is 6.92 Å². The second-order valence-electron chi connectivity index (χ2n) is 7.05. The van der Waals surface area contributed by atoms with E-state index in [0.29, 0.717) is 5.69 Å². The molecule has 2 aliphatic heterocycles. The van der Waals surface area contributed by atoms with Crippen molar-refractivity contribution < 1.29 is 9.59 Å². The van der Waals surface area contributed by atoms with Gasteiger partial charge < -0.3 is 4.90 Å². The molecule has 0 spiro atoms. The van der Waals surface area contributed by atoms with Gasteiger partial charge in [-0.2, -0.15) is 0 Å². The Labute approximate surface area is 164 Å². The number of para-hydroxylation sites is 2. The van der Waals surface area contributed by atoms with Crippen LogP contribution >= 0.6 is 11.6 Å². The van der Waals surface area contributed by atoms with Crippen LogP contribution in [0.15, 0.2) is 48.5 Å². The van der Waals surface area contributed by atoms with Gasteiger partial charge in [0.2, 0.25) is 5.91 Å². The number of rotatable bonds is 3. The van der Waals surface area contributed by atoms with E-state index in [0.717, 1.165) is 42.5 Å². The third kappa shape index (κ3) is 3.33. The highest BCUT2D eigenvalue weighted by molar-refractivity contribution is 6.33. The first-order valence-corrected chi connectivity index (χ1v) is 9.60. The summed E-state index contributed by atoms with van der Waals surface area (Å²) in [5.41, 5.74) is 2.65. The lowest BCUT2D eigenvalue weighted by atomic mass is 10.1. The number of hydrogen-bond acceptors (Lipinski definition) is 4. The van der Waals surface area contributed by atoms with Crippen LogP contribution < -0.4 is 9.80 Å². The zero-order valence-electron chi connectivity index (χ0n) is 15.3. The van der Waals surface area contributed by atoms with Crippen LogP contribution in [0.3, 0.4) is 0 Å². The molecular formula is C21H22ClN3O2. The molecule has 140 valence electrons. The normalized spacial score (nSPS) is 21.2. The number of amides is 2. The lowest BCUT2D eigenvalue weighted by molar-refractivity contribution is -0.123. The molecule has 0 radical (unpaired) electrons. The van der Waals surface area contributed by atoms with E-state index in [1.807, 2.05) is 55.5 Å². The predicted octanol–water partition coefficient (Wildman–Crippen LogP) is 3.10. The Balaban J connectivity index is 1.46. The highest BCUT2D eigenvalue weighted by Gasteiger charge is 2.43. The second-order valence-corrected chi connectivity index (χ2v) is 7.46. The van der Waals surface area contributed by atoms with Gasteiger partial charge in [-0.25, -0.2) is 4.90 Å². The molecule has 0 bridgehead atoms. The standard InChI is InChI=1S/C21H22ClN3O2/c1-15-6-2-4-8-17(15)25-20(26)14-19(21(25)27)24-12-10-23(11-13-24)18-9-5-3-7-16(18)22/h2-9,19H,10-14H2,1H3/t19-/m1/s1. The van der Waals surface area contributed by atoms with Crippen LogP contribution in [-0.2, 0) is 9.59 Å². The van der Waals surface area contributed by atoms with Crippen LogP contribution in [0.4, 0.5) is 11.4 Å². The zero-order chi connectivity index (χ0) is 19.0. The Morgan fingerprint density at radius 1 is 0.889 bits per heavy atom. The van der Waals surface area contributed by atoms with Crippen molar-refractivity contribution in [2.45, 2.75) is 19.4 Å². The van der Waals surface area contributed by atoms with Gasteiger partial charge in [0, 0.05) is 26.2 Å². The molecule has 2 heterocycles. The number of hydrogen-bond donors (Lipinski definition) is 0. The molecule has 1 atom stereocenters. The summed E-state index contributed by atoms with van der Waals surface area (Å²) >= 11 is 6.30. The van der Waals surface area contributed by atoms with E-state index >= 15 is 0 Å². The number of aryl methyl sites for hydroxylation is 1. The first kappa shape index (κ1) is 18.0. The van der Waals surface area contributed by atoms with Crippen molar-refractivity contribution in [3.05, 3.63) is 59.1 Å². The monoisotopic (exact) mass is 383 g/mol. The average Bonchev–Trinajstić information content (AvgIpc) is 2.97. The smallest absolute Gasteiger partial charge is 0.251 e. The van der Waals surface area contributed by atoms with Gasteiger partial charge in [0.05, 0.1) is 28.9 Å². The largest absolute Gasteiger partial charge is 0.368 e. The third-order valence-corrected chi connectivity index (χ3v) is 5.75. The molecule has 27 heavy (non-hydrogen) atoms. The molecule has 0 aromatic heterocycles. The first-order chi connectivity index (χ1) is 13.1. The molecule has 2 saturated heterocycles. The Bertz CT molecular complexity index is 877. The van der Waals surface area contributed by atoms with Gasteiger partial charge in [0.1, 0.15) is 0 Å². The van der Waals surface area contributed by atoms with Crippen LogP contribution in [0.1, 0.15) is 12.0 Å². The maximum Gasteiger partial charge on any atom is 0.251 e. The van der Waals surface area contributed by atoms with Crippen LogP contribution in [0.2, 0.25) is 5.02 Å². The topological polar surface area (TPSA) is 43.9 Å².